The highest BCUT2D eigenvalue weighted by Crippen LogP contribution is 2.24. The van der Waals surface area contributed by atoms with E-state index in [1.54, 1.807) is 0 Å². The van der Waals surface area contributed by atoms with Crippen molar-refractivity contribution in [3.05, 3.63) is 69.7 Å². The highest BCUT2D eigenvalue weighted by atomic mass is 35.5. The molecule has 0 aliphatic rings. The van der Waals surface area contributed by atoms with Crippen molar-refractivity contribution in [3.8, 4) is 0 Å². The number of hydrogen-bond donors (Lipinski definition) is 1. The summed E-state index contributed by atoms with van der Waals surface area (Å²) < 4.78 is 0. The Kier molecular flexibility index (Phi) is 4.05. The molecule has 2 aromatic rings. The van der Waals surface area contributed by atoms with E-state index < -0.39 is 0 Å². The molecule has 0 aliphatic carbocycles. The Morgan fingerprint density at radius 2 is 1.44 bits per heavy atom. The van der Waals surface area contributed by atoms with Gasteiger partial charge in [-0.2, -0.15) is 0 Å². The van der Waals surface area contributed by atoms with E-state index in [4.69, 9.17) is 11.6 Å². The molecule has 1 unspecified atom stereocenters. The molecular weight excluding hydrogens is 242 g/mol. The Morgan fingerprint density at radius 1 is 0.889 bits per heavy atom. The van der Waals surface area contributed by atoms with Gasteiger partial charge in [-0.15, -0.1) is 0 Å². The van der Waals surface area contributed by atoms with E-state index >= 15 is 0 Å². The molecule has 0 aliphatic heterocycles. The van der Waals surface area contributed by atoms with Crippen molar-refractivity contribution in [1.29, 1.82) is 0 Å². The minimum absolute atomic E-state index is 0.209. The zero-order valence-electron chi connectivity index (χ0n) is 11.0. The molecule has 0 amide bonds. The fraction of sp³-hybridized carbons (Fsp3) is 0.250. The zero-order chi connectivity index (χ0) is 13.1. The van der Waals surface area contributed by atoms with Gasteiger partial charge in [0.05, 0.1) is 6.04 Å². The second-order valence-corrected chi connectivity index (χ2v) is 5.13. The van der Waals surface area contributed by atoms with Crippen molar-refractivity contribution in [1.82, 2.24) is 5.32 Å². The Morgan fingerprint density at radius 3 is 1.94 bits per heavy atom. The average Bonchev–Trinajstić information content (AvgIpc) is 2.31. The maximum Gasteiger partial charge on any atom is 0.0574 e. The molecule has 0 bridgehead atoms. The van der Waals surface area contributed by atoms with E-state index in [1.807, 2.05) is 19.2 Å². The molecule has 0 radical (unpaired) electrons. The SMILES string of the molecule is CNC(c1ccc(Cl)cc1)c1cc(C)cc(C)c1. The van der Waals surface area contributed by atoms with Crippen LogP contribution in [0.4, 0.5) is 0 Å². The predicted molar refractivity (Wildman–Crippen MR) is 78.3 cm³/mol. The van der Waals surface area contributed by atoms with Crippen molar-refractivity contribution in [3.63, 3.8) is 0 Å². The maximum absolute atomic E-state index is 5.94. The first-order valence-corrected chi connectivity index (χ1v) is 6.49. The van der Waals surface area contributed by atoms with E-state index in [0.717, 1.165) is 5.02 Å². The van der Waals surface area contributed by atoms with Crippen molar-refractivity contribution in [2.24, 2.45) is 0 Å². The van der Waals surface area contributed by atoms with Crippen molar-refractivity contribution >= 4 is 11.6 Å². The van der Waals surface area contributed by atoms with Gasteiger partial charge in [-0.25, -0.2) is 0 Å². The van der Waals surface area contributed by atoms with Gasteiger partial charge in [0.2, 0.25) is 0 Å². The first-order chi connectivity index (χ1) is 8.60. The fourth-order valence-electron chi connectivity index (χ4n) is 2.36. The van der Waals surface area contributed by atoms with E-state index in [2.05, 4.69) is 49.5 Å². The van der Waals surface area contributed by atoms with Gasteiger partial charge in [-0.05, 0) is 44.2 Å². The summed E-state index contributed by atoms with van der Waals surface area (Å²) in [5, 5.41) is 4.14. The quantitative estimate of drug-likeness (QED) is 0.868. The van der Waals surface area contributed by atoms with Crippen LogP contribution >= 0.6 is 11.6 Å². The van der Waals surface area contributed by atoms with Gasteiger partial charge in [-0.1, -0.05) is 53.1 Å². The summed E-state index contributed by atoms with van der Waals surface area (Å²) >= 11 is 5.94. The van der Waals surface area contributed by atoms with Crippen LogP contribution in [0.15, 0.2) is 42.5 Å². The summed E-state index contributed by atoms with van der Waals surface area (Å²) in [6.45, 7) is 4.26. The van der Waals surface area contributed by atoms with Crippen molar-refractivity contribution in [2.75, 3.05) is 7.05 Å². The van der Waals surface area contributed by atoms with E-state index in [0.29, 0.717) is 0 Å². The van der Waals surface area contributed by atoms with Crippen LogP contribution in [0.3, 0.4) is 0 Å². The number of nitrogens with one attached hydrogen (secondary N) is 1. The van der Waals surface area contributed by atoms with Crippen molar-refractivity contribution < 1.29 is 0 Å². The second kappa shape index (κ2) is 5.55. The third kappa shape index (κ3) is 2.92. The third-order valence-electron chi connectivity index (χ3n) is 3.07. The molecule has 0 saturated carbocycles. The molecule has 0 heterocycles. The van der Waals surface area contributed by atoms with Crippen LogP contribution < -0.4 is 5.32 Å². The summed E-state index contributed by atoms with van der Waals surface area (Å²) in [4.78, 5) is 0. The molecule has 94 valence electrons. The molecule has 0 saturated heterocycles. The van der Waals surface area contributed by atoms with Crippen LogP contribution in [0, 0.1) is 13.8 Å². The van der Waals surface area contributed by atoms with Crippen LogP contribution in [0.2, 0.25) is 5.02 Å². The molecule has 18 heavy (non-hydrogen) atoms. The first kappa shape index (κ1) is 13.1. The Bertz CT molecular complexity index is 511. The largest absolute Gasteiger partial charge is 0.309 e. The average molecular weight is 260 g/mol. The fourth-order valence-corrected chi connectivity index (χ4v) is 2.48. The Balaban J connectivity index is 2.41. The Labute approximate surface area is 114 Å². The molecule has 0 aromatic heterocycles. The monoisotopic (exact) mass is 259 g/mol. The van der Waals surface area contributed by atoms with E-state index in [1.165, 1.54) is 22.3 Å². The molecule has 2 rings (SSSR count). The molecule has 1 nitrogen and oxygen atoms in total. The molecule has 1 N–H and O–H groups in total. The van der Waals surface area contributed by atoms with Gasteiger partial charge < -0.3 is 5.32 Å². The minimum atomic E-state index is 0.209. The highest BCUT2D eigenvalue weighted by molar-refractivity contribution is 6.30. The lowest BCUT2D eigenvalue weighted by molar-refractivity contribution is 0.690. The lowest BCUT2D eigenvalue weighted by Crippen LogP contribution is -2.17. The van der Waals surface area contributed by atoms with Gasteiger partial charge >= 0.3 is 0 Å². The van der Waals surface area contributed by atoms with Crippen LogP contribution in [-0.4, -0.2) is 7.05 Å². The third-order valence-corrected chi connectivity index (χ3v) is 3.32. The smallest absolute Gasteiger partial charge is 0.0574 e. The number of aryl methyl sites for hydroxylation is 2. The minimum Gasteiger partial charge on any atom is -0.309 e. The zero-order valence-corrected chi connectivity index (χ0v) is 11.8. The Hall–Kier alpha value is -1.31. The van der Waals surface area contributed by atoms with E-state index in [-0.39, 0.29) is 6.04 Å². The van der Waals surface area contributed by atoms with Gasteiger partial charge in [-0.3, -0.25) is 0 Å². The maximum atomic E-state index is 5.94. The molecule has 0 spiro atoms. The lowest BCUT2D eigenvalue weighted by atomic mass is 9.96. The van der Waals surface area contributed by atoms with Gasteiger partial charge in [0.15, 0.2) is 0 Å². The molecule has 0 fully saturated rings. The number of rotatable bonds is 3. The summed E-state index contributed by atoms with van der Waals surface area (Å²) in [5.41, 5.74) is 5.10. The molecule has 2 heteroatoms. The van der Waals surface area contributed by atoms with Gasteiger partial charge in [0, 0.05) is 5.02 Å². The molecular formula is C16H18ClN. The van der Waals surface area contributed by atoms with Crippen LogP contribution in [0.25, 0.3) is 0 Å². The summed E-state index contributed by atoms with van der Waals surface area (Å²) in [7, 11) is 1.98. The standard InChI is InChI=1S/C16H18ClN/c1-11-8-12(2)10-14(9-11)16(18-3)13-4-6-15(17)7-5-13/h4-10,16,18H,1-3H3. The van der Waals surface area contributed by atoms with Crippen LogP contribution in [-0.2, 0) is 0 Å². The summed E-state index contributed by atoms with van der Waals surface area (Å²) in [6.07, 6.45) is 0. The number of halogens is 1. The highest BCUT2D eigenvalue weighted by Gasteiger charge is 2.12. The number of benzene rings is 2. The van der Waals surface area contributed by atoms with Gasteiger partial charge in [0.25, 0.3) is 0 Å². The van der Waals surface area contributed by atoms with Crippen LogP contribution in [0.5, 0.6) is 0 Å². The van der Waals surface area contributed by atoms with Gasteiger partial charge in [0.1, 0.15) is 0 Å². The topological polar surface area (TPSA) is 12.0 Å². The van der Waals surface area contributed by atoms with E-state index in [9.17, 15) is 0 Å². The number of hydrogen-bond acceptors (Lipinski definition) is 1. The van der Waals surface area contributed by atoms with Crippen molar-refractivity contribution in [2.45, 2.75) is 19.9 Å². The normalized spacial score (nSPS) is 12.4. The first-order valence-electron chi connectivity index (χ1n) is 6.11. The summed E-state index contributed by atoms with van der Waals surface area (Å²) in [5.74, 6) is 0. The molecule has 1 atom stereocenters. The molecule has 2 aromatic carbocycles. The second-order valence-electron chi connectivity index (χ2n) is 4.69. The van der Waals surface area contributed by atoms with Crippen LogP contribution in [0.1, 0.15) is 28.3 Å². The lowest BCUT2D eigenvalue weighted by Gasteiger charge is -2.18. The predicted octanol–water partition coefficient (Wildman–Crippen LogP) is 4.27. The summed E-state index contributed by atoms with van der Waals surface area (Å²) in [6, 6.07) is 14.9.